The molecule has 2 aliphatic heterocycles. The van der Waals surface area contributed by atoms with Gasteiger partial charge in [0.05, 0.1) is 127 Å². The van der Waals surface area contributed by atoms with Crippen molar-refractivity contribution >= 4 is 108 Å². The fourth-order valence-corrected chi connectivity index (χ4v) is 14.7. The third-order valence-corrected chi connectivity index (χ3v) is 21.1. The van der Waals surface area contributed by atoms with Crippen LogP contribution in [-0.4, -0.2) is 240 Å². The summed E-state index contributed by atoms with van der Waals surface area (Å²) in [5.74, 6) is 2.53. The minimum Gasteiger partial charge on any atom is -0.495 e. The zero-order chi connectivity index (χ0) is 93.1. The standard InChI is InChI=1S/2C23H23FN6O3.C23H25N7O4.C21H20FN7O3/c1-31-18-10-16(13-4-7-33-8-5-13)26-12-17(18)28-23-29-21-20(22(30-23)32-2)15(11-27-21)14-3-6-25-19(24)9-14;1-12-8-14(10-18(24)26-12)15-11-25-20-19(15)21(33-5)29-23(28-20)27-16-7-6-13(9-17(16)32-4)22(31)30(2)3;1-12-16(9-30(2)29-12)15-8-24-20-19(15)22(33-4)28-23(27-20)26-17-6-5-13(7-18(17)32-3)21(31)25-14-10-34-11-14;1-29(2)20(30)13-8-15(31-3)14(10-24-13)26-21-27-18-17(19(28-21)32-4)12(9-25-18)11-5-6-23-16(22)7-11/h3,6,9-13H,4-5,7-8H2,1-2H3,(H2,27,28,29,30);6-11H,1-5H3,(H2,25,27,28,29);5-9,14H,10-11H2,1-4H3,(H,25,31)(H2,24,26,27,28);5-10H,1-4H3,(H2,25,26,27,28). The lowest BCUT2D eigenvalue weighted by molar-refractivity contribution is -0.00346. The summed E-state index contributed by atoms with van der Waals surface area (Å²) >= 11 is 0. The summed E-state index contributed by atoms with van der Waals surface area (Å²) in [6, 6.07) is 22.9. The number of halogens is 3. The van der Waals surface area contributed by atoms with E-state index in [4.69, 9.17) is 47.4 Å². The van der Waals surface area contributed by atoms with Gasteiger partial charge in [0.1, 0.15) is 62.7 Å². The first-order valence-electron chi connectivity index (χ1n) is 40.9. The molecule has 0 bridgehead atoms. The molecule has 9 N–H and O–H groups in total. The number of nitrogens with zero attached hydrogens (tertiary/aromatic N) is 17. The highest BCUT2D eigenvalue weighted by molar-refractivity contribution is 6.02. The van der Waals surface area contributed by atoms with Crippen molar-refractivity contribution in [2.75, 3.05) is 133 Å². The summed E-state index contributed by atoms with van der Waals surface area (Å²) in [5.41, 5.74) is 14.0. The average Bonchev–Trinajstić information content (AvgIpc) is 1.61. The number of amides is 3. The normalized spacial score (nSPS) is 12.4. The fourth-order valence-electron chi connectivity index (χ4n) is 14.7. The van der Waals surface area contributed by atoms with E-state index in [0.717, 1.165) is 59.5 Å². The minimum absolute atomic E-state index is 0.0463. The second-order valence-corrected chi connectivity index (χ2v) is 30.2. The van der Waals surface area contributed by atoms with Crippen LogP contribution in [0.2, 0.25) is 0 Å². The molecule has 2 aliphatic rings. The highest BCUT2D eigenvalue weighted by Gasteiger charge is 2.28. The SMILES string of the molecule is COc1cc(C(=O)N(C)C)ccc1Nc1nc(OC)c2c(-c3cc(C)nc(F)c3)c[nH]c2n1.COc1cc(C(=O)N(C)C)ncc1Nc1nc(OC)c2c(-c3ccnc(F)c3)c[nH]c2n1.COc1cc(C(=O)NC2COC2)ccc1Nc1nc(OC)c2c(-c3cn(C)nc3C)c[nH]c2n1.COc1cc(C2CCOCC2)ncc1Nc1nc(OC)c2c(-c3ccnc(F)c3)c[nH]c2n1. The van der Waals surface area contributed by atoms with Crippen molar-refractivity contribution in [3.63, 3.8) is 0 Å². The van der Waals surface area contributed by atoms with Gasteiger partial charge in [-0.3, -0.25) is 24.0 Å². The highest BCUT2D eigenvalue weighted by atomic mass is 19.1. The molecule has 2 fully saturated rings. The van der Waals surface area contributed by atoms with Gasteiger partial charge in [0.2, 0.25) is 65.2 Å². The molecule has 42 heteroatoms. The molecule has 0 unspecified atom stereocenters. The van der Waals surface area contributed by atoms with E-state index in [-0.39, 0.29) is 47.2 Å². The third-order valence-electron chi connectivity index (χ3n) is 21.1. The Kier molecular flexibility index (Phi) is 27.3. The molecule has 16 heterocycles. The Bertz CT molecular complexity index is 6930. The van der Waals surface area contributed by atoms with Crippen LogP contribution < -0.4 is 64.5 Å². The number of hydrogen-bond acceptors (Lipinski definition) is 31. The molecule has 0 aliphatic carbocycles. The number of methoxy groups -OCH3 is 8. The molecule has 39 nitrogen and oxygen atoms in total. The molecule has 132 heavy (non-hydrogen) atoms. The summed E-state index contributed by atoms with van der Waals surface area (Å²) in [5, 5.41) is 22.5. The number of fused-ring (bicyclic) bond motifs is 4. The van der Waals surface area contributed by atoms with Gasteiger partial charge in [-0.2, -0.15) is 58.1 Å². The van der Waals surface area contributed by atoms with Crippen molar-refractivity contribution in [2.24, 2.45) is 7.05 Å². The molecule has 0 saturated carbocycles. The molecule has 2 aromatic carbocycles. The molecule has 0 atom stereocenters. The lowest BCUT2D eigenvalue weighted by Gasteiger charge is -2.26. The van der Waals surface area contributed by atoms with Gasteiger partial charge in [-0.25, -0.2) is 19.9 Å². The lowest BCUT2D eigenvalue weighted by atomic mass is 9.96. The number of H-pyrrole nitrogens is 4. The summed E-state index contributed by atoms with van der Waals surface area (Å²) < 4.78 is 97.5. The summed E-state index contributed by atoms with van der Waals surface area (Å²) in [4.78, 5) is 108. The predicted octanol–water partition coefficient (Wildman–Crippen LogP) is 13.7. The molecule has 16 aromatic rings. The van der Waals surface area contributed by atoms with Crippen LogP contribution in [0.25, 0.3) is 88.6 Å². The van der Waals surface area contributed by atoms with Crippen LogP contribution in [0.1, 0.15) is 67.0 Å². The Morgan fingerprint density at radius 1 is 0.439 bits per heavy atom. The smallest absolute Gasteiger partial charge is 0.272 e. The molecule has 0 radical (unpaired) electrons. The van der Waals surface area contributed by atoms with Gasteiger partial charge < -0.3 is 104 Å². The van der Waals surface area contributed by atoms with Crippen molar-refractivity contribution in [1.82, 2.24) is 110 Å². The monoisotopic (exact) mass is 1800 g/mol. The largest absolute Gasteiger partial charge is 0.495 e. The maximum Gasteiger partial charge on any atom is 0.272 e. The van der Waals surface area contributed by atoms with Crippen LogP contribution in [0.3, 0.4) is 0 Å². The first kappa shape index (κ1) is 90.4. The average molecular weight is 1800 g/mol. The van der Waals surface area contributed by atoms with Crippen LogP contribution in [0.4, 0.5) is 59.7 Å². The molecule has 18 rings (SSSR count). The van der Waals surface area contributed by atoms with Crippen molar-refractivity contribution in [2.45, 2.75) is 38.6 Å². The third kappa shape index (κ3) is 19.8. The van der Waals surface area contributed by atoms with Gasteiger partial charge in [0, 0.05) is 178 Å². The van der Waals surface area contributed by atoms with Crippen molar-refractivity contribution in [3.05, 3.63) is 192 Å². The Hall–Kier alpha value is -16.4. The second-order valence-electron chi connectivity index (χ2n) is 30.2. The van der Waals surface area contributed by atoms with Gasteiger partial charge in [-0.15, -0.1) is 0 Å². The number of anilines is 8. The molecule has 680 valence electrons. The van der Waals surface area contributed by atoms with Gasteiger partial charge in [-0.05, 0) is 98.0 Å². The van der Waals surface area contributed by atoms with E-state index in [9.17, 15) is 27.6 Å². The molecule has 0 spiro atoms. The number of benzene rings is 2. The predicted molar refractivity (Wildman–Crippen MR) is 485 cm³/mol. The molecule has 14 aromatic heterocycles. The summed E-state index contributed by atoms with van der Waals surface area (Å²) in [7, 11) is 20.8. The van der Waals surface area contributed by atoms with E-state index in [1.807, 2.05) is 32.4 Å². The van der Waals surface area contributed by atoms with E-state index < -0.39 is 17.8 Å². The Balaban J connectivity index is 0.000000135. The summed E-state index contributed by atoms with van der Waals surface area (Å²) in [6.45, 7) is 6.23. The quantitative estimate of drug-likeness (QED) is 0.0240. The van der Waals surface area contributed by atoms with E-state index in [1.165, 1.54) is 88.2 Å². The number of hydrogen-bond donors (Lipinski definition) is 9. The van der Waals surface area contributed by atoms with Gasteiger partial charge in [-0.1, -0.05) is 0 Å². The van der Waals surface area contributed by atoms with Gasteiger partial charge in [0.25, 0.3) is 17.7 Å². The van der Waals surface area contributed by atoms with E-state index in [1.54, 1.807) is 141 Å². The number of ether oxygens (including phenoxy) is 10. The first-order valence-corrected chi connectivity index (χ1v) is 40.9. The number of aromatic nitrogens is 19. The molecular weight excluding hydrogens is 1710 g/mol. The number of aromatic amines is 4. The van der Waals surface area contributed by atoms with Crippen molar-refractivity contribution in [3.8, 4) is 91.0 Å². The van der Waals surface area contributed by atoms with Gasteiger partial charge in [0.15, 0.2) is 0 Å². The second kappa shape index (κ2) is 39.9. The van der Waals surface area contributed by atoms with Crippen molar-refractivity contribution in [1.29, 1.82) is 0 Å². The van der Waals surface area contributed by atoms with E-state index >= 15 is 0 Å². The number of carbonyl (C=O) groups excluding carboxylic acids is 3. The van der Waals surface area contributed by atoms with E-state index in [0.29, 0.717) is 178 Å². The Labute approximate surface area is 751 Å². The van der Waals surface area contributed by atoms with Crippen LogP contribution in [0, 0.1) is 31.7 Å². The zero-order valence-electron chi connectivity index (χ0n) is 74.2. The Morgan fingerprint density at radius 3 is 1.30 bits per heavy atom. The number of aryl methyl sites for hydroxylation is 3. The van der Waals surface area contributed by atoms with E-state index in [2.05, 4.69) is 116 Å². The van der Waals surface area contributed by atoms with Crippen LogP contribution in [0.15, 0.2) is 141 Å². The first-order chi connectivity index (χ1) is 63.8. The topological polar surface area (TPSA) is 459 Å². The lowest BCUT2D eigenvalue weighted by Crippen LogP contribution is -2.48. The molecule has 3 amide bonds. The van der Waals surface area contributed by atoms with Crippen LogP contribution in [-0.2, 0) is 16.5 Å². The fraction of sp³-hybridized carbons (Fsp3) is 0.256. The minimum atomic E-state index is -0.592. The Morgan fingerprint density at radius 2 is 0.864 bits per heavy atom. The number of nitrogens with one attached hydrogen (secondary N) is 9. The van der Waals surface area contributed by atoms with Crippen LogP contribution in [0.5, 0.6) is 46.5 Å². The van der Waals surface area contributed by atoms with Crippen LogP contribution >= 0.6 is 0 Å². The number of rotatable bonds is 25. The van der Waals surface area contributed by atoms with Gasteiger partial charge >= 0.3 is 0 Å². The molecule has 2 saturated heterocycles. The summed E-state index contributed by atoms with van der Waals surface area (Å²) in [6.07, 6.45) is 16.9. The van der Waals surface area contributed by atoms with Crippen molar-refractivity contribution < 1.29 is 74.9 Å². The maximum atomic E-state index is 13.9. The maximum absolute atomic E-state index is 13.9. The number of carbonyl (C=O) groups is 3. The highest BCUT2D eigenvalue weighted by Crippen LogP contribution is 2.43. The number of pyridine rings is 5. The molecular formula is C90H91F3N26O13. The zero-order valence-corrected chi connectivity index (χ0v) is 74.2.